The zero-order valence-corrected chi connectivity index (χ0v) is 15.9. The zero-order valence-electron chi connectivity index (χ0n) is 15.1. The normalized spacial score (nSPS) is 15.2. The smallest absolute Gasteiger partial charge is 0.240 e. The second-order valence-electron chi connectivity index (χ2n) is 7.63. The number of rotatable bonds is 5. The van der Waals surface area contributed by atoms with Gasteiger partial charge in [0.05, 0.1) is 4.90 Å². The molecule has 1 aliphatic heterocycles. The van der Waals surface area contributed by atoms with Crippen molar-refractivity contribution in [1.29, 1.82) is 0 Å². The Hall–Kier alpha value is -1.40. The molecule has 0 spiro atoms. The van der Waals surface area contributed by atoms with Gasteiger partial charge >= 0.3 is 0 Å². The van der Waals surface area contributed by atoms with E-state index in [2.05, 4.69) is 25.5 Å². The van der Waals surface area contributed by atoms with Gasteiger partial charge in [0.1, 0.15) is 0 Å². The van der Waals surface area contributed by atoms with Crippen molar-refractivity contribution in [2.24, 2.45) is 5.41 Å². The molecule has 0 saturated heterocycles. The van der Waals surface area contributed by atoms with Gasteiger partial charge in [0, 0.05) is 25.7 Å². The van der Waals surface area contributed by atoms with Gasteiger partial charge in [0.15, 0.2) is 0 Å². The molecule has 1 amide bonds. The number of fused-ring (bicyclic) bond motifs is 1. The summed E-state index contributed by atoms with van der Waals surface area (Å²) in [5.41, 5.74) is 1.96. The highest BCUT2D eigenvalue weighted by molar-refractivity contribution is 7.89. The number of sulfonamides is 1. The molecule has 1 aliphatic rings. The van der Waals surface area contributed by atoms with Gasteiger partial charge in [-0.25, -0.2) is 13.1 Å². The molecule has 2 rings (SSSR count). The molecule has 0 atom stereocenters. The predicted molar refractivity (Wildman–Crippen MR) is 96.7 cm³/mol. The van der Waals surface area contributed by atoms with E-state index in [-0.39, 0.29) is 16.2 Å². The summed E-state index contributed by atoms with van der Waals surface area (Å²) in [6, 6.07) is 5.04. The predicted octanol–water partition coefficient (Wildman–Crippen LogP) is 3.09. The third-order valence-corrected chi connectivity index (χ3v) is 5.71. The maximum Gasteiger partial charge on any atom is 0.240 e. The molecule has 134 valence electrons. The fourth-order valence-corrected chi connectivity index (χ4v) is 4.10. The van der Waals surface area contributed by atoms with Gasteiger partial charge in [0.2, 0.25) is 15.9 Å². The van der Waals surface area contributed by atoms with Gasteiger partial charge < -0.3 is 4.90 Å². The van der Waals surface area contributed by atoms with E-state index >= 15 is 0 Å². The molecule has 5 nitrogen and oxygen atoms in total. The van der Waals surface area contributed by atoms with E-state index in [4.69, 9.17) is 0 Å². The first-order chi connectivity index (χ1) is 11.1. The molecular weight excluding hydrogens is 324 g/mol. The molecular formula is C18H28N2O3S. The van der Waals surface area contributed by atoms with Crippen molar-refractivity contribution in [1.82, 2.24) is 4.72 Å². The number of amides is 1. The molecule has 24 heavy (non-hydrogen) atoms. The van der Waals surface area contributed by atoms with Gasteiger partial charge in [-0.2, -0.15) is 0 Å². The van der Waals surface area contributed by atoms with Crippen molar-refractivity contribution >= 4 is 21.6 Å². The zero-order chi connectivity index (χ0) is 18.0. The summed E-state index contributed by atoms with van der Waals surface area (Å²) in [6.45, 7) is 9.11. The Labute approximate surface area is 145 Å². The monoisotopic (exact) mass is 352 g/mol. The Morgan fingerprint density at radius 1 is 1.29 bits per heavy atom. The fraction of sp³-hybridized carbons (Fsp3) is 0.611. The lowest BCUT2D eigenvalue weighted by molar-refractivity contribution is -0.116. The molecule has 0 unspecified atom stereocenters. The van der Waals surface area contributed by atoms with E-state index in [1.54, 1.807) is 23.1 Å². The van der Waals surface area contributed by atoms with Crippen LogP contribution in [0.15, 0.2) is 23.1 Å². The first-order valence-corrected chi connectivity index (χ1v) is 9.99. The number of hydrogen-bond acceptors (Lipinski definition) is 3. The Balaban J connectivity index is 2.10. The van der Waals surface area contributed by atoms with Crippen molar-refractivity contribution in [3.05, 3.63) is 23.8 Å². The quantitative estimate of drug-likeness (QED) is 0.828. The van der Waals surface area contributed by atoms with Crippen molar-refractivity contribution in [2.45, 2.75) is 58.3 Å². The average molecular weight is 353 g/mol. The SMILES string of the molecule is CC(=O)N1CCCc2cc(S(=O)(=O)NCCCC(C)(C)C)ccc21. The molecule has 0 radical (unpaired) electrons. The summed E-state index contributed by atoms with van der Waals surface area (Å²) >= 11 is 0. The molecule has 0 fully saturated rings. The third kappa shape index (κ3) is 4.80. The van der Waals surface area contributed by atoms with Crippen LogP contribution in [-0.4, -0.2) is 27.4 Å². The van der Waals surface area contributed by atoms with Crippen LogP contribution in [0.4, 0.5) is 5.69 Å². The number of carbonyl (C=O) groups is 1. The molecule has 1 aromatic carbocycles. The minimum Gasteiger partial charge on any atom is -0.312 e. The molecule has 6 heteroatoms. The van der Waals surface area contributed by atoms with E-state index in [0.29, 0.717) is 13.1 Å². The molecule has 0 aliphatic carbocycles. The first kappa shape index (κ1) is 18.9. The Morgan fingerprint density at radius 3 is 2.62 bits per heavy atom. The molecule has 1 heterocycles. The standard InChI is InChI=1S/C18H28N2O3S/c1-14(21)20-12-5-7-15-13-16(8-9-17(15)20)24(22,23)19-11-6-10-18(2,3)4/h8-9,13,19H,5-7,10-12H2,1-4H3. The van der Waals surface area contributed by atoms with Crippen LogP contribution in [0.1, 0.15) is 52.5 Å². The number of benzene rings is 1. The van der Waals surface area contributed by atoms with E-state index < -0.39 is 10.0 Å². The van der Waals surface area contributed by atoms with Gasteiger partial charge in [-0.15, -0.1) is 0 Å². The van der Waals surface area contributed by atoms with Crippen molar-refractivity contribution in [3.63, 3.8) is 0 Å². The van der Waals surface area contributed by atoms with Gasteiger partial charge in [-0.05, 0) is 54.9 Å². The Kier molecular flexibility index (Phi) is 5.71. The number of hydrogen-bond donors (Lipinski definition) is 1. The van der Waals surface area contributed by atoms with E-state index in [1.165, 1.54) is 6.92 Å². The van der Waals surface area contributed by atoms with Crippen LogP contribution in [0.5, 0.6) is 0 Å². The summed E-state index contributed by atoms with van der Waals surface area (Å²) in [4.78, 5) is 13.7. The fourth-order valence-electron chi connectivity index (χ4n) is 2.98. The van der Waals surface area contributed by atoms with Crippen LogP contribution in [0.2, 0.25) is 0 Å². The van der Waals surface area contributed by atoms with Crippen molar-refractivity contribution in [3.8, 4) is 0 Å². The van der Waals surface area contributed by atoms with Gasteiger partial charge in [-0.3, -0.25) is 4.79 Å². The summed E-state index contributed by atoms with van der Waals surface area (Å²) < 4.78 is 27.6. The van der Waals surface area contributed by atoms with E-state index in [0.717, 1.165) is 36.9 Å². The second kappa shape index (κ2) is 7.23. The average Bonchev–Trinajstić information content (AvgIpc) is 2.49. The lowest BCUT2D eigenvalue weighted by Crippen LogP contribution is -2.33. The van der Waals surface area contributed by atoms with Crippen molar-refractivity contribution in [2.75, 3.05) is 18.0 Å². The van der Waals surface area contributed by atoms with Crippen LogP contribution in [0.25, 0.3) is 0 Å². The lowest BCUT2D eigenvalue weighted by Gasteiger charge is -2.28. The van der Waals surface area contributed by atoms with E-state index in [9.17, 15) is 13.2 Å². The van der Waals surface area contributed by atoms with Crippen LogP contribution in [0, 0.1) is 5.41 Å². The maximum atomic E-state index is 12.5. The number of nitrogens with zero attached hydrogens (tertiary/aromatic N) is 1. The number of anilines is 1. The number of aryl methyl sites for hydroxylation is 1. The maximum absolute atomic E-state index is 12.5. The first-order valence-electron chi connectivity index (χ1n) is 8.51. The highest BCUT2D eigenvalue weighted by Crippen LogP contribution is 2.29. The molecule has 1 N–H and O–H groups in total. The number of nitrogens with one attached hydrogen (secondary N) is 1. The van der Waals surface area contributed by atoms with Crippen LogP contribution in [0.3, 0.4) is 0 Å². The molecule has 0 saturated carbocycles. The summed E-state index contributed by atoms with van der Waals surface area (Å²) in [5.74, 6) is -0.00753. The number of carbonyl (C=O) groups excluding carboxylic acids is 1. The Bertz CT molecular complexity index is 705. The van der Waals surface area contributed by atoms with Gasteiger partial charge in [-0.1, -0.05) is 20.8 Å². The van der Waals surface area contributed by atoms with E-state index in [1.807, 2.05) is 0 Å². The lowest BCUT2D eigenvalue weighted by atomic mass is 9.91. The highest BCUT2D eigenvalue weighted by atomic mass is 32.2. The molecule has 0 aromatic heterocycles. The highest BCUT2D eigenvalue weighted by Gasteiger charge is 2.23. The molecule has 0 bridgehead atoms. The molecule has 1 aromatic rings. The van der Waals surface area contributed by atoms with Crippen molar-refractivity contribution < 1.29 is 13.2 Å². The largest absolute Gasteiger partial charge is 0.312 e. The topological polar surface area (TPSA) is 66.5 Å². The van der Waals surface area contributed by atoms with Crippen LogP contribution < -0.4 is 9.62 Å². The second-order valence-corrected chi connectivity index (χ2v) is 9.39. The Morgan fingerprint density at radius 2 is 2.00 bits per heavy atom. The minimum atomic E-state index is -3.50. The summed E-state index contributed by atoms with van der Waals surface area (Å²) in [5, 5.41) is 0. The van der Waals surface area contributed by atoms with Crippen LogP contribution in [-0.2, 0) is 21.2 Å². The van der Waals surface area contributed by atoms with Crippen LogP contribution >= 0.6 is 0 Å². The summed E-state index contributed by atoms with van der Waals surface area (Å²) in [6.07, 6.45) is 3.43. The summed E-state index contributed by atoms with van der Waals surface area (Å²) in [7, 11) is -3.50. The van der Waals surface area contributed by atoms with Gasteiger partial charge in [0.25, 0.3) is 0 Å². The third-order valence-electron chi connectivity index (χ3n) is 4.26. The minimum absolute atomic E-state index is 0.00753.